The van der Waals surface area contributed by atoms with Gasteiger partial charge in [-0.2, -0.15) is 0 Å². The summed E-state index contributed by atoms with van der Waals surface area (Å²) in [6.07, 6.45) is -1.33. The molecule has 1 amide bonds. The number of hydrogen-bond donors (Lipinski definition) is 2. The summed E-state index contributed by atoms with van der Waals surface area (Å²) in [7, 11) is -3.53. The van der Waals surface area contributed by atoms with Crippen LogP contribution in [0.1, 0.15) is 45.2 Å². The summed E-state index contributed by atoms with van der Waals surface area (Å²) in [5.41, 5.74) is -0.250. The van der Waals surface area contributed by atoms with Gasteiger partial charge in [-0.15, -0.1) is 0 Å². The number of aliphatic hydroxyl groups is 1. The van der Waals surface area contributed by atoms with Crippen molar-refractivity contribution in [3.05, 3.63) is 71.8 Å². The molecule has 180 valence electrons. The lowest BCUT2D eigenvalue weighted by atomic mass is 9.61. The molecule has 0 aromatic heterocycles. The minimum atomic E-state index is -3.53. The molecule has 0 fully saturated rings. The molecule has 8 heteroatoms. The Morgan fingerprint density at radius 2 is 1.39 bits per heavy atom. The topological polar surface area (TPSA) is 102 Å². The van der Waals surface area contributed by atoms with Crippen molar-refractivity contribution in [3.8, 4) is 0 Å². The predicted octanol–water partition coefficient (Wildman–Crippen LogP) is 4.29. The number of amides is 1. The third-order valence-electron chi connectivity index (χ3n) is 5.57. The average Bonchev–Trinajstić information content (AvgIpc) is 2.82. The maximum absolute atomic E-state index is 13.7. The van der Waals surface area contributed by atoms with Crippen molar-refractivity contribution in [2.75, 3.05) is 19.5 Å². The van der Waals surface area contributed by atoms with Crippen molar-refractivity contribution in [3.63, 3.8) is 0 Å². The van der Waals surface area contributed by atoms with Gasteiger partial charge in [-0.05, 0) is 38.3 Å². The van der Waals surface area contributed by atoms with Gasteiger partial charge in [-0.3, -0.25) is 14.2 Å². The van der Waals surface area contributed by atoms with E-state index in [9.17, 15) is 19.3 Å². The van der Waals surface area contributed by atoms with Crippen LogP contribution in [0.4, 0.5) is 0 Å². The number of hydrogen-bond acceptors (Lipinski definition) is 6. The van der Waals surface area contributed by atoms with Crippen molar-refractivity contribution < 1.29 is 28.3 Å². The number of carbonyl (C=O) groups excluding carboxylic acids is 2. The van der Waals surface area contributed by atoms with Crippen molar-refractivity contribution >= 4 is 19.3 Å². The van der Waals surface area contributed by atoms with E-state index in [0.29, 0.717) is 17.5 Å². The Morgan fingerprint density at radius 3 is 1.76 bits per heavy atom. The molecule has 0 saturated carbocycles. The van der Waals surface area contributed by atoms with Gasteiger partial charge in [0.2, 0.25) is 5.91 Å². The van der Waals surface area contributed by atoms with E-state index in [1.165, 1.54) is 6.92 Å². The van der Waals surface area contributed by atoms with E-state index >= 15 is 0 Å². The Kier molecular flexibility index (Phi) is 9.99. The second-order valence-corrected chi connectivity index (χ2v) is 9.74. The number of carbonyl (C=O) groups is 2. The van der Waals surface area contributed by atoms with E-state index in [1.807, 2.05) is 19.1 Å². The molecule has 2 aromatic carbocycles. The summed E-state index contributed by atoms with van der Waals surface area (Å²) < 4.78 is 23.5. The molecule has 0 aliphatic rings. The number of ketones is 1. The van der Waals surface area contributed by atoms with E-state index < -0.39 is 36.7 Å². The molecule has 2 atom stereocenters. The molecule has 0 aliphatic carbocycles. The van der Waals surface area contributed by atoms with Crippen LogP contribution < -0.4 is 5.32 Å². The summed E-state index contributed by atoms with van der Waals surface area (Å²) in [5, 5.41) is 13.1. The lowest BCUT2D eigenvalue weighted by molar-refractivity contribution is -0.138. The smallest absolute Gasteiger partial charge is 0.349 e. The first-order valence-corrected chi connectivity index (χ1v) is 13.0. The monoisotopic (exact) mass is 475 g/mol. The molecule has 2 rings (SSSR count). The Bertz CT molecular complexity index is 898. The highest BCUT2D eigenvalue weighted by atomic mass is 31.2. The Morgan fingerprint density at radius 1 is 0.939 bits per heavy atom. The van der Waals surface area contributed by atoms with Gasteiger partial charge in [0, 0.05) is 0 Å². The molecule has 2 aromatic rings. The van der Waals surface area contributed by atoms with E-state index in [1.54, 1.807) is 62.4 Å². The van der Waals surface area contributed by atoms with Crippen molar-refractivity contribution in [2.24, 2.45) is 5.92 Å². The van der Waals surface area contributed by atoms with Crippen molar-refractivity contribution in [1.82, 2.24) is 5.32 Å². The van der Waals surface area contributed by atoms with Gasteiger partial charge in [-0.1, -0.05) is 67.6 Å². The van der Waals surface area contributed by atoms with Crippen LogP contribution in [-0.2, 0) is 28.6 Å². The second-order valence-electron chi connectivity index (χ2n) is 7.69. The van der Waals surface area contributed by atoms with Crippen LogP contribution in [0.2, 0.25) is 0 Å². The molecule has 2 N–H and O–H groups in total. The number of benzene rings is 2. The fourth-order valence-electron chi connectivity index (χ4n) is 4.26. The van der Waals surface area contributed by atoms with Crippen LogP contribution in [0.5, 0.6) is 0 Å². The highest BCUT2D eigenvalue weighted by molar-refractivity contribution is 7.53. The van der Waals surface area contributed by atoms with Crippen LogP contribution in [0.25, 0.3) is 0 Å². The fourth-order valence-corrected chi connectivity index (χ4v) is 5.66. The first kappa shape index (κ1) is 26.9. The van der Waals surface area contributed by atoms with Crippen LogP contribution in [-0.4, -0.2) is 42.4 Å². The highest BCUT2D eigenvalue weighted by Gasteiger charge is 2.52. The lowest BCUT2D eigenvalue weighted by Gasteiger charge is -2.40. The molecule has 7 nitrogen and oxygen atoms in total. The predicted molar refractivity (Wildman–Crippen MR) is 128 cm³/mol. The molecule has 0 spiro atoms. The largest absolute Gasteiger partial charge is 0.386 e. The average molecular weight is 476 g/mol. The van der Waals surface area contributed by atoms with Gasteiger partial charge < -0.3 is 19.5 Å². The normalized spacial score (nSPS) is 13.8. The standard InChI is InChI=1S/C25H34NO6P/c1-5-22(24(29)26-18-33(30,31-6-2)32-7-3)25(23(28)19(4)27,20-14-10-8-11-15-20)21-16-12-9-13-17-21/h8-17,19,22,27H,5-7,18H2,1-4H3,(H,26,29). The Hall–Kier alpha value is -2.31. The number of rotatable bonds is 13. The molecule has 0 aliphatic heterocycles. The van der Waals surface area contributed by atoms with Gasteiger partial charge in [-0.25, -0.2) is 0 Å². The second kappa shape index (κ2) is 12.2. The van der Waals surface area contributed by atoms with E-state index in [2.05, 4.69) is 5.32 Å². The Labute approximate surface area is 196 Å². The molecule has 2 unspecified atom stereocenters. The SMILES string of the molecule is CCOP(=O)(CNC(=O)C(CC)C(C(=O)C(C)O)(c1ccccc1)c1ccccc1)OCC. The maximum Gasteiger partial charge on any atom is 0.349 e. The van der Waals surface area contributed by atoms with E-state index in [4.69, 9.17) is 9.05 Å². The molecule has 0 heterocycles. The molecule has 0 bridgehead atoms. The van der Waals surface area contributed by atoms with Crippen LogP contribution in [0.15, 0.2) is 60.7 Å². The van der Waals surface area contributed by atoms with E-state index in [-0.39, 0.29) is 19.5 Å². The fraction of sp³-hybridized carbons (Fsp3) is 0.440. The number of aliphatic hydroxyl groups excluding tert-OH is 1. The summed E-state index contributed by atoms with van der Waals surface area (Å²) >= 11 is 0. The van der Waals surface area contributed by atoms with E-state index in [0.717, 1.165) is 0 Å². The van der Waals surface area contributed by atoms with Crippen LogP contribution in [0.3, 0.4) is 0 Å². The van der Waals surface area contributed by atoms with Gasteiger partial charge in [0.15, 0.2) is 5.78 Å². The highest BCUT2D eigenvalue weighted by Crippen LogP contribution is 2.47. The molecule has 33 heavy (non-hydrogen) atoms. The maximum atomic E-state index is 13.7. The molecular formula is C25H34NO6P. The number of nitrogens with one attached hydrogen (secondary N) is 1. The molecular weight excluding hydrogens is 441 g/mol. The lowest BCUT2D eigenvalue weighted by Crippen LogP contribution is -2.53. The minimum Gasteiger partial charge on any atom is -0.386 e. The molecule has 0 radical (unpaired) electrons. The summed E-state index contributed by atoms with van der Waals surface area (Å²) in [6, 6.07) is 18.0. The van der Waals surface area contributed by atoms with Crippen LogP contribution in [0, 0.1) is 5.92 Å². The third kappa shape index (κ3) is 5.98. The zero-order valence-corrected chi connectivity index (χ0v) is 20.6. The van der Waals surface area contributed by atoms with Crippen LogP contribution >= 0.6 is 7.60 Å². The van der Waals surface area contributed by atoms with Gasteiger partial charge in [0.1, 0.15) is 12.4 Å². The first-order chi connectivity index (χ1) is 15.8. The van der Waals surface area contributed by atoms with Crippen molar-refractivity contribution in [1.29, 1.82) is 0 Å². The summed E-state index contributed by atoms with van der Waals surface area (Å²) in [4.78, 5) is 27.3. The van der Waals surface area contributed by atoms with Gasteiger partial charge >= 0.3 is 7.60 Å². The summed E-state index contributed by atoms with van der Waals surface area (Å²) in [6.45, 7) is 6.95. The third-order valence-corrected chi connectivity index (χ3v) is 7.42. The minimum absolute atomic E-state index is 0.169. The molecule has 0 saturated heterocycles. The first-order valence-electron chi connectivity index (χ1n) is 11.3. The summed E-state index contributed by atoms with van der Waals surface area (Å²) in [5.74, 6) is -1.85. The zero-order valence-electron chi connectivity index (χ0n) is 19.7. The van der Waals surface area contributed by atoms with Crippen molar-refractivity contribution in [2.45, 2.75) is 45.6 Å². The quantitative estimate of drug-likeness (QED) is 0.419. The van der Waals surface area contributed by atoms with Gasteiger partial charge in [0.25, 0.3) is 0 Å². The number of Topliss-reactive ketones (excluding diaryl/α,β-unsaturated/α-hetero) is 1. The van der Waals surface area contributed by atoms with Gasteiger partial charge in [0.05, 0.1) is 24.5 Å². The Balaban J connectivity index is 2.62. The zero-order chi connectivity index (χ0) is 24.5.